The summed E-state index contributed by atoms with van der Waals surface area (Å²) in [4.78, 5) is -0.277. The summed E-state index contributed by atoms with van der Waals surface area (Å²) in [5.41, 5.74) is 0.718. The van der Waals surface area contributed by atoms with Crippen LogP contribution in [0.25, 0.3) is 0 Å². The molecule has 1 aliphatic rings. The monoisotopic (exact) mass is 272 g/mol. The van der Waals surface area contributed by atoms with Gasteiger partial charge in [0.25, 0.3) is 0 Å². The summed E-state index contributed by atoms with van der Waals surface area (Å²) in [5, 5.41) is 3.19. The van der Waals surface area contributed by atoms with Gasteiger partial charge in [-0.25, -0.2) is 17.5 Å². The summed E-state index contributed by atoms with van der Waals surface area (Å²) in [6.07, 6.45) is 1.99. The van der Waals surface area contributed by atoms with E-state index in [1.807, 2.05) is 0 Å². The van der Waals surface area contributed by atoms with E-state index >= 15 is 0 Å². The first kappa shape index (κ1) is 13.5. The Kier molecular flexibility index (Phi) is 3.99. The average molecular weight is 272 g/mol. The van der Waals surface area contributed by atoms with Crippen LogP contribution < -0.4 is 10.0 Å². The lowest BCUT2D eigenvalue weighted by atomic mass is 10.2. The van der Waals surface area contributed by atoms with E-state index in [2.05, 4.69) is 10.0 Å². The fourth-order valence-electron chi connectivity index (χ4n) is 2.04. The highest BCUT2D eigenvalue weighted by Crippen LogP contribution is 2.16. The molecule has 1 fully saturated rings. The Morgan fingerprint density at radius 1 is 1.50 bits per heavy atom. The largest absolute Gasteiger partial charge is 0.313 e. The zero-order valence-electron chi connectivity index (χ0n) is 10.2. The number of hydrogen-bond donors (Lipinski definition) is 2. The van der Waals surface area contributed by atoms with Gasteiger partial charge in [-0.2, -0.15) is 0 Å². The standard InChI is InChI=1S/C12H17FN2O2S/c1-9-4-5-11(13)12(7-9)18(16,17)15-8-10-3-2-6-14-10/h4-5,7,10,14-15H,2-3,6,8H2,1H3/t10-/m1/s1. The van der Waals surface area contributed by atoms with Crippen molar-refractivity contribution in [2.75, 3.05) is 13.1 Å². The molecule has 1 saturated heterocycles. The molecule has 0 aliphatic carbocycles. The number of aryl methyl sites for hydroxylation is 1. The van der Waals surface area contributed by atoms with Crippen LogP contribution in [0.4, 0.5) is 4.39 Å². The third-order valence-corrected chi connectivity index (χ3v) is 4.50. The Morgan fingerprint density at radius 2 is 2.28 bits per heavy atom. The van der Waals surface area contributed by atoms with E-state index < -0.39 is 15.8 Å². The van der Waals surface area contributed by atoms with Crippen molar-refractivity contribution < 1.29 is 12.8 Å². The maximum absolute atomic E-state index is 13.5. The van der Waals surface area contributed by atoms with E-state index in [-0.39, 0.29) is 10.9 Å². The van der Waals surface area contributed by atoms with Gasteiger partial charge in [0, 0.05) is 12.6 Å². The van der Waals surface area contributed by atoms with Crippen molar-refractivity contribution >= 4 is 10.0 Å². The SMILES string of the molecule is Cc1ccc(F)c(S(=O)(=O)NC[C@H]2CCCN2)c1. The molecule has 0 spiro atoms. The Labute approximate surface area is 107 Å². The molecule has 1 aromatic rings. The molecule has 1 heterocycles. The van der Waals surface area contributed by atoms with Crippen molar-refractivity contribution in [3.8, 4) is 0 Å². The van der Waals surface area contributed by atoms with E-state index in [1.54, 1.807) is 13.0 Å². The molecular weight excluding hydrogens is 255 g/mol. The quantitative estimate of drug-likeness (QED) is 0.865. The van der Waals surface area contributed by atoms with E-state index in [9.17, 15) is 12.8 Å². The Bertz CT molecular complexity index is 525. The summed E-state index contributed by atoms with van der Waals surface area (Å²) in [7, 11) is -3.77. The number of hydrogen-bond acceptors (Lipinski definition) is 3. The van der Waals surface area contributed by atoms with Crippen molar-refractivity contribution in [1.82, 2.24) is 10.0 Å². The van der Waals surface area contributed by atoms with Crippen molar-refractivity contribution in [3.05, 3.63) is 29.6 Å². The zero-order valence-corrected chi connectivity index (χ0v) is 11.1. The molecular formula is C12H17FN2O2S. The Morgan fingerprint density at radius 3 is 2.94 bits per heavy atom. The highest BCUT2D eigenvalue weighted by atomic mass is 32.2. The minimum Gasteiger partial charge on any atom is -0.313 e. The van der Waals surface area contributed by atoms with Crippen LogP contribution in [0.5, 0.6) is 0 Å². The van der Waals surface area contributed by atoms with Crippen LogP contribution >= 0.6 is 0 Å². The number of sulfonamides is 1. The highest BCUT2D eigenvalue weighted by Gasteiger charge is 2.21. The molecule has 2 N–H and O–H groups in total. The molecule has 4 nitrogen and oxygen atoms in total. The second-order valence-electron chi connectivity index (χ2n) is 4.58. The number of nitrogens with one attached hydrogen (secondary N) is 2. The van der Waals surface area contributed by atoms with Crippen LogP contribution in [-0.4, -0.2) is 27.5 Å². The summed E-state index contributed by atoms with van der Waals surface area (Å²) < 4.78 is 40.0. The minimum atomic E-state index is -3.77. The Balaban J connectivity index is 2.12. The van der Waals surface area contributed by atoms with Gasteiger partial charge >= 0.3 is 0 Å². The highest BCUT2D eigenvalue weighted by molar-refractivity contribution is 7.89. The molecule has 18 heavy (non-hydrogen) atoms. The van der Waals surface area contributed by atoms with Gasteiger partial charge in [-0.15, -0.1) is 0 Å². The molecule has 0 amide bonds. The molecule has 6 heteroatoms. The average Bonchev–Trinajstić information content (AvgIpc) is 2.83. The minimum absolute atomic E-state index is 0.146. The molecule has 0 saturated carbocycles. The lowest BCUT2D eigenvalue weighted by Crippen LogP contribution is -2.37. The molecule has 0 aromatic heterocycles. The first-order chi connectivity index (χ1) is 8.49. The van der Waals surface area contributed by atoms with Gasteiger partial charge in [0.1, 0.15) is 10.7 Å². The molecule has 1 atom stereocenters. The van der Waals surface area contributed by atoms with Crippen LogP contribution in [0.3, 0.4) is 0 Å². The van der Waals surface area contributed by atoms with Gasteiger partial charge in [0.2, 0.25) is 10.0 Å². The number of benzene rings is 1. The number of halogens is 1. The van der Waals surface area contributed by atoms with Crippen LogP contribution in [0, 0.1) is 12.7 Å². The molecule has 2 rings (SSSR count). The van der Waals surface area contributed by atoms with Crippen molar-refractivity contribution in [2.24, 2.45) is 0 Å². The van der Waals surface area contributed by atoms with Crippen LogP contribution in [0.1, 0.15) is 18.4 Å². The summed E-state index contributed by atoms with van der Waals surface area (Å²) in [5.74, 6) is -0.715. The Hall–Kier alpha value is -0.980. The second-order valence-corrected chi connectivity index (χ2v) is 6.31. The predicted molar refractivity (Wildman–Crippen MR) is 67.4 cm³/mol. The van der Waals surface area contributed by atoms with Gasteiger partial charge in [-0.05, 0) is 44.0 Å². The molecule has 0 unspecified atom stereocenters. The molecule has 0 radical (unpaired) electrons. The van der Waals surface area contributed by atoms with Gasteiger partial charge in [-0.1, -0.05) is 6.07 Å². The number of rotatable bonds is 4. The second kappa shape index (κ2) is 5.34. The van der Waals surface area contributed by atoms with Crippen molar-refractivity contribution in [3.63, 3.8) is 0 Å². The van der Waals surface area contributed by atoms with Gasteiger partial charge in [0.15, 0.2) is 0 Å². The zero-order chi connectivity index (χ0) is 13.2. The van der Waals surface area contributed by atoms with Crippen molar-refractivity contribution in [2.45, 2.75) is 30.7 Å². The van der Waals surface area contributed by atoms with E-state index in [0.717, 1.165) is 24.9 Å². The molecule has 1 aliphatic heterocycles. The fraction of sp³-hybridized carbons (Fsp3) is 0.500. The van der Waals surface area contributed by atoms with Crippen LogP contribution in [0.15, 0.2) is 23.1 Å². The summed E-state index contributed by atoms with van der Waals surface area (Å²) in [6, 6.07) is 4.22. The van der Waals surface area contributed by atoms with E-state index in [1.165, 1.54) is 12.1 Å². The van der Waals surface area contributed by atoms with Crippen LogP contribution in [-0.2, 0) is 10.0 Å². The molecule has 1 aromatic carbocycles. The first-order valence-corrected chi connectivity index (χ1v) is 7.46. The molecule has 100 valence electrons. The third kappa shape index (κ3) is 3.07. The third-order valence-electron chi connectivity index (χ3n) is 3.06. The lowest BCUT2D eigenvalue weighted by molar-refractivity contribution is 0.538. The van der Waals surface area contributed by atoms with Gasteiger partial charge < -0.3 is 5.32 Å². The molecule has 0 bridgehead atoms. The maximum Gasteiger partial charge on any atom is 0.243 e. The van der Waals surface area contributed by atoms with Gasteiger partial charge in [0.05, 0.1) is 0 Å². The van der Waals surface area contributed by atoms with E-state index in [0.29, 0.717) is 6.54 Å². The van der Waals surface area contributed by atoms with Gasteiger partial charge in [-0.3, -0.25) is 0 Å². The summed E-state index contributed by atoms with van der Waals surface area (Å²) in [6.45, 7) is 2.94. The normalized spacial score (nSPS) is 20.2. The smallest absolute Gasteiger partial charge is 0.243 e. The van der Waals surface area contributed by atoms with Crippen LogP contribution in [0.2, 0.25) is 0 Å². The maximum atomic E-state index is 13.5. The first-order valence-electron chi connectivity index (χ1n) is 5.98. The van der Waals surface area contributed by atoms with Crippen molar-refractivity contribution in [1.29, 1.82) is 0 Å². The topological polar surface area (TPSA) is 58.2 Å². The fourth-order valence-corrected chi connectivity index (χ4v) is 3.28. The van der Waals surface area contributed by atoms with E-state index in [4.69, 9.17) is 0 Å². The predicted octanol–water partition coefficient (Wildman–Crippen LogP) is 1.16. The summed E-state index contributed by atoms with van der Waals surface area (Å²) >= 11 is 0. The lowest BCUT2D eigenvalue weighted by Gasteiger charge is -2.12.